The summed E-state index contributed by atoms with van der Waals surface area (Å²) in [6, 6.07) is 6.34. The summed E-state index contributed by atoms with van der Waals surface area (Å²) in [6.07, 6.45) is 2.32. The molecule has 2 aromatic rings. The molecule has 0 aliphatic carbocycles. The van der Waals surface area contributed by atoms with Crippen molar-refractivity contribution in [2.24, 2.45) is 0 Å². The summed E-state index contributed by atoms with van der Waals surface area (Å²) < 4.78 is 5.53. The van der Waals surface area contributed by atoms with Gasteiger partial charge in [-0.25, -0.2) is 0 Å². The molecule has 2 heterocycles. The molecule has 1 aliphatic heterocycles. The first-order valence-electron chi connectivity index (χ1n) is 6.44. The van der Waals surface area contributed by atoms with Crippen LogP contribution < -0.4 is 0 Å². The summed E-state index contributed by atoms with van der Waals surface area (Å²) in [6.45, 7) is 3.40. The van der Waals surface area contributed by atoms with E-state index in [0.29, 0.717) is 17.7 Å². The van der Waals surface area contributed by atoms with Crippen LogP contribution in [-0.2, 0) is 0 Å². The average Bonchev–Trinajstić information content (AvgIpc) is 2.78. The number of piperidine rings is 1. The highest BCUT2D eigenvalue weighted by Crippen LogP contribution is 2.38. The van der Waals surface area contributed by atoms with Crippen molar-refractivity contribution in [3.05, 3.63) is 23.9 Å². The van der Waals surface area contributed by atoms with E-state index in [0.717, 1.165) is 29.5 Å². The maximum atomic E-state index is 9.84. The van der Waals surface area contributed by atoms with Gasteiger partial charge in [0.05, 0.1) is 10.4 Å². The summed E-state index contributed by atoms with van der Waals surface area (Å²) in [7, 11) is 2.19. The monoisotopic (exact) mass is 262 g/mol. The molecule has 1 aliphatic rings. The molecule has 1 aromatic heterocycles. The van der Waals surface area contributed by atoms with Gasteiger partial charge in [0.1, 0.15) is 5.75 Å². The summed E-state index contributed by atoms with van der Waals surface area (Å²) in [5, 5.41) is 11.0. The molecule has 1 saturated heterocycles. The van der Waals surface area contributed by atoms with E-state index in [1.807, 2.05) is 6.07 Å². The van der Waals surface area contributed by atoms with Gasteiger partial charge in [-0.1, -0.05) is 12.1 Å². The van der Waals surface area contributed by atoms with Gasteiger partial charge in [-0.05, 0) is 51.0 Å². The largest absolute Gasteiger partial charge is 0.506 e. The zero-order chi connectivity index (χ0) is 12.7. The molecule has 3 rings (SSSR count). The number of hydrogen-bond acceptors (Lipinski definition) is 4. The van der Waals surface area contributed by atoms with Gasteiger partial charge in [0, 0.05) is 17.3 Å². The SMILES string of the molecule is CC1CC(c2nsc3c(O)cccc23)CCN1C. The normalized spacial score (nSPS) is 25.7. The van der Waals surface area contributed by atoms with Crippen LogP contribution in [0.3, 0.4) is 0 Å². The Kier molecular flexibility index (Phi) is 2.99. The van der Waals surface area contributed by atoms with Gasteiger partial charge in [0.15, 0.2) is 0 Å². The Labute approximate surface area is 111 Å². The summed E-state index contributed by atoms with van der Waals surface area (Å²) >= 11 is 1.42. The van der Waals surface area contributed by atoms with Gasteiger partial charge >= 0.3 is 0 Å². The molecule has 3 nitrogen and oxygen atoms in total. The Balaban J connectivity index is 1.98. The maximum Gasteiger partial charge on any atom is 0.134 e. The van der Waals surface area contributed by atoms with Crippen LogP contribution in [-0.4, -0.2) is 34.0 Å². The molecule has 2 unspecified atom stereocenters. The highest BCUT2D eigenvalue weighted by Gasteiger charge is 2.27. The van der Waals surface area contributed by atoms with Crippen LogP contribution in [0.2, 0.25) is 0 Å². The fourth-order valence-electron chi connectivity index (χ4n) is 2.80. The van der Waals surface area contributed by atoms with Crippen LogP contribution in [0.5, 0.6) is 5.75 Å². The van der Waals surface area contributed by atoms with E-state index in [-0.39, 0.29) is 0 Å². The lowest BCUT2D eigenvalue weighted by atomic mass is 9.88. The van der Waals surface area contributed by atoms with Gasteiger partial charge < -0.3 is 10.0 Å². The lowest BCUT2D eigenvalue weighted by Crippen LogP contribution is -2.37. The molecular formula is C14H18N2OS. The Morgan fingerprint density at radius 1 is 1.44 bits per heavy atom. The third-order valence-corrected chi connectivity index (χ3v) is 5.00. The third-order valence-electron chi connectivity index (χ3n) is 4.10. The minimum Gasteiger partial charge on any atom is -0.506 e. The van der Waals surface area contributed by atoms with E-state index in [4.69, 9.17) is 0 Å². The molecule has 1 fully saturated rings. The molecule has 1 aromatic carbocycles. The van der Waals surface area contributed by atoms with Crippen molar-refractivity contribution in [2.75, 3.05) is 13.6 Å². The first kappa shape index (κ1) is 11.9. The predicted octanol–water partition coefficient (Wildman–Crippen LogP) is 3.20. The highest BCUT2D eigenvalue weighted by molar-refractivity contribution is 7.13. The van der Waals surface area contributed by atoms with Gasteiger partial charge in [-0.3, -0.25) is 0 Å². The van der Waals surface area contributed by atoms with E-state index in [2.05, 4.69) is 29.3 Å². The average molecular weight is 262 g/mol. The van der Waals surface area contributed by atoms with E-state index in [1.165, 1.54) is 17.2 Å². The fraction of sp³-hybridized carbons (Fsp3) is 0.500. The second kappa shape index (κ2) is 4.52. The van der Waals surface area contributed by atoms with Crippen LogP contribution in [0.1, 0.15) is 31.4 Å². The van der Waals surface area contributed by atoms with Crippen molar-refractivity contribution in [1.82, 2.24) is 9.27 Å². The van der Waals surface area contributed by atoms with Gasteiger partial charge in [0.2, 0.25) is 0 Å². The molecule has 0 saturated carbocycles. The summed E-state index contributed by atoms with van der Waals surface area (Å²) in [4.78, 5) is 2.41. The van der Waals surface area contributed by atoms with Crippen LogP contribution in [0.15, 0.2) is 18.2 Å². The second-order valence-electron chi connectivity index (χ2n) is 5.27. The number of hydrogen-bond donors (Lipinski definition) is 1. The number of likely N-dealkylation sites (tertiary alicyclic amines) is 1. The Hall–Kier alpha value is -1.13. The van der Waals surface area contributed by atoms with Gasteiger partial charge in [-0.2, -0.15) is 4.37 Å². The van der Waals surface area contributed by atoms with Crippen molar-refractivity contribution in [2.45, 2.75) is 31.7 Å². The minimum atomic E-state index is 0.359. The van der Waals surface area contributed by atoms with Gasteiger partial charge in [0.25, 0.3) is 0 Å². The summed E-state index contributed by atoms with van der Waals surface area (Å²) in [5.41, 5.74) is 1.19. The van der Waals surface area contributed by atoms with Gasteiger partial charge in [-0.15, -0.1) is 0 Å². The molecule has 18 heavy (non-hydrogen) atoms. The van der Waals surface area contributed by atoms with Crippen molar-refractivity contribution < 1.29 is 5.11 Å². The van der Waals surface area contributed by atoms with Crippen LogP contribution in [0.25, 0.3) is 10.1 Å². The minimum absolute atomic E-state index is 0.359. The second-order valence-corrected chi connectivity index (χ2v) is 6.05. The molecule has 0 spiro atoms. The highest BCUT2D eigenvalue weighted by atomic mass is 32.1. The molecule has 4 heteroatoms. The molecule has 0 radical (unpaired) electrons. The quantitative estimate of drug-likeness (QED) is 0.857. The number of nitrogens with zero attached hydrogens (tertiary/aromatic N) is 2. The maximum absolute atomic E-state index is 9.84. The van der Waals surface area contributed by atoms with Crippen molar-refractivity contribution >= 4 is 21.6 Å². The van der Waals surface area contributed by atoms with E-state index in [1.54, 1.807) is 6.07 Å². The smallest absolute Gasteiger partial charge is 0.134 e. The number of aromatic hydroxyl groups is 1. The van der Waals surface area contributed by atoms with E-state index < -0.39 is 0 Å². The Bertz CT molecular complexity index is 566. The standard InChI is InChI=1S/C14H18N2OS/c1-9-8-10(6-7-16(9)2)13-11-4-3-5-12(17)14(11)18-15-13/h3-5,9-10,17H,6-8H2,1-2H3. The Morgan fingerprint density at radius 2 is 2.28 bits per heavy atom. The molecule has 2 atom stereocenters. The molecule has 96 valence electrons. The summed E-state index contributed by atoms with van der Waals surface area (Å²) in [5.74, 6) is 0.893. The lowest BCUT2D eigenvalue weighted by Gasteiger charge is -2.34. The Morgan fingerprint density at radius 3 is 3.06 bits per heavy atom. The lowest BCUT2D eigenvalue weighted by molar-refractivity contribution is 0.182. The van der Waals surface area contributed by atoms with E-state index >= 15 is 0 Å². The zero-order valence-corrected chi connectivity index (χ0v) is 11.6. The molecule has 1 N–H and O–H groups in total. The molecular weight excluding hydrogens is 244 g/mol. The van der Waals surface area contributed by atoms with Crippen molar-refractivity contribution in [3.63, 3.8) is 0 Å². The van der Waals surface area contributed by atoms with E-state index in [9.17, 15) is 5.11 Å². The van der Waals surface area contributed by atoms with Crippen LogP contribution >= 0.6 is 11.5 Å². The zero-order valence-electron chi connectivity index (χ0n) is 10.8. The number of phenolic OH excluding ortho intramolecular Hbond substituents is 1. The molecule has 0 amide bonds. The predicted molar refractivity (Wildman–Crippen MR) is 75.4 cm³/mol. The number of rotatable bonds is 1. The van der Waals surface area contributed by atoms with Crippen molar-refractivity contribution in [3.8, 4) is 5.75 Å². The fourth-order valence-corrected chi connectivity index (χ4v) is 3.67. The number of benzene rings is 1. The number of phenols is 1. The van der Waals surface area contributed by atoms with Crippen LogP contribution in [0, 0.1) is 0 Å². The first-order chi connectivity index (χ1) is 8.66. The first-order valence-corrected chi connectivity index (χ1v) is 7.21. The van der Waals surface area contributed by atoms with Crippen molar-refractivity contribution in [1.29, 1.82) is 0 Å². The third kappa shape index (κ3) is 1.89. The number of fused-ring (bicyclic) bond motifs is 1. The topological polar surface area (TPSA) is 36.4 Å². The number of aromatic nitrogens is 1. The van der Waals surface area contributed by atoms with Crippen LogP contribution in [0.4, 0.5) is 0 Å². The molecule has 0 bridgehead atoms.